The van der Waals surface area contributed by atoms with Gasteiger partial charge >= 0.3 is 0 Å². The maximum absolute atomic E-state index is 13.5. The lowest BCUT2D eigenvalue weighted by molar-refractivity contribution is 0.0950. The third-order valence-electron chi connectivity index (χ3n) is 5.83. The zero-order valence-electron chi connectivity index (χ0n) is 20.3. The average molecular weight is 582 g/mol. The fourth-order valence-corrected chi connectivity index (χ4v) is 4.60. The van der Waals surface area contributed by atoms with E-state index in [2.05, 4.69) is 30.4 Å². The van der Waals surface area contributed by atoms with Gasteiger partial charge in [0, 0.05) is 21.2 Å². The largest absolute Gasteiger partial charge is 0.345 e. The Kier molecular flexibility index (Phi) is 7.65. The van der Waals surface area contributed by atoms with Crippen molar-refractivity contribution in [1.29, 1.82) is 0 Å². The van der Waals surface area contributed by atoms with E-state index in [0.717, 1.165) is 5.56 Å². The summed E-state index contributed by atoms with van der Waals surface area (Å²) in [6.07, 6.45) is 1.17. The van der Waals surface area contributed by atoms with Gasteiger partial charge in [0.1, 0.15) is 0 Å². The van der Waals surface area contributed by atoms with Crippen LogP contribution < -0.4 is 10.6 Å². The van der Waals surface area contributed by atoms with Crippen molar-refractivity contribution in [3.8, 4) is 16.9 Å². The van der Waals surface area contributed by atoms with Crippen molar-refractivity contribution in [3.63, 3.8) is 0 Å². The van der Waals surface area contributed by atoms with Gasteiger partial charge < -0.3 is 15.2 Å². The molecule has 0 aliphatic rings. The molecule has 5 aromatic rings. The Labute approximate surface area is 237 Å². The van der Waals surface area contributed by atoms with E-state index in [1.165, 1.54) is 6.39 Å². The van der Waals surface area contributed by atoms with Crippen molar-refractivity contribution in [3.05, 3.63) is 111 Å². The van der Waals surface area contributed by atoms with Gasteiger partial charge in [-0.2, -0.15) is 10.1 Å². The molecule has 0 aliphatic heterocycles. The van der Waals surface area contributed by atoms with Gasteiger partial charge in [0.2, 0.25) is 6.39 Å². The summed E-state index contributed by atoms with van der Waals surface area (Å²) in [4.78, 5) is 30.3. The van der Waals surface area contributed by atoms with Gasteiger partial charge in [0.15, 0.2) is 11.5 Å². The number of benzene rings is 3. The predicted octanol–water partition coefficient (Wildman–Crippen LogP) is 6.37. The van der Waals surface area contributed by atoms with Gasteiger partial charge in [-0.25, -0.2) is 4.68 Å². The summed E-state index contributed by atoms with van der Waals surface area (Å²) in [5.74, 6) is -0.612. The third-order valence-corrected chi connectivity index (χ3v) is 6.62. The molecule has 0 bridgehead atoms. The molecule has 0 unspecified atom stereocenters. The molecule has 2 heterocycles. The van der Waals surface area contributed by atoms with Crippen LogP contribution in [-0.4, -0.2) is 31.7 Å². The molecule has 3 aromatic carbocycles. The van der Waals surface area contributed by atoms with Gasteiger partial charge in [-0.3, -0.25) is 9.59 Å². The molecule has 0 saturated carbocycles. The molecule has 0 radical (unpaired) electrons. The average Bonchev–Trinajstić information content (AvgIpc) is 3.56. The molecule has 2 aromatic heterocycles. The standard InChI is InChI=1S/C27H19Cl3N6O3/c1-15-24(27(38)33-21-5-3-2-4-19(21)26(37)31-13-23-32-14-39-35-23)34-36(22-11-10-18(29)12-20(22)30)25(15)16-6-8-17(28)9-7-16/h2-12,14H,13H2,1H3,(H,31,37)(H,33,38). The first-order valence-electron chi connectivity index (χ1n) is 11.6. The molecule has 12 heteroatoms. The van der Waals surface area contributed by atoms with Crippen LogP contribution in [0.5, 0.6) is 0 Å². The van der Waals surface area contributed by atoms with Gasteiger partial charge in [0.05, 0.1) is 34.2 Å². The first kappa shape index (κ1) is 26.4. The SMILES string of the molecule is Cc1c(C(=O)Nc2ccccc2C(=O)NCc2ncon2)nn(-c2ccc(Cl)cc2Cl)c1-c1ccc(Cl)cc1. The summed E-state index contributed by atoms with van der Waals surface area (Å²) in [7, 11) is 0. The molecule has 39 heavy (non-hydrogen) atoms. The van der Waals surface area contributed by atoms with E-state index in [9.17, 15) is 9.59 Å². The number of nitrogens with one attached hydrogen (secondary N) is 2. The zero-order valence-corrected chi connectivity index (χ0v) is 22.6. The molecule has 196 valence electrons. The summed E-state index contributed by atoms with van der Waals surface area (Å²) in [5, 5.41) is 15.2. The maximum Gasteiger partial charge on any atom is 0.276 e. The van der Waals surface area contributed by atoms with Gasteiger partial charge in [-0.1, -0.05) is 64.2 Å². The maximum atomic E-state index is 13.5. The fraction of sp³-hybridized carbons (Fsp3) is 0.0741. The molecule has 2 amide bonds. The third kappa shape index (κ3) is 5.65. The number of halogens is 3. The van der Waals surface area contributed by atoms with Crippen LogP contribution >= 0.6 is 34.8 Å². The first-order chi connectivity index (χ1) is 18.8. The second kappa shape index (κ2) is 11.3. The number of hydrogen-bond acceptors (Lipinski definition) is 6. The van der Waals surface area contributed by atoms with Crippen molar-refractivity contribution < 1.29 is 14.1 Å². The summed E-state index contributed by atoms with van der Waals surface area (Å²) < 4.78 is 6.28. The number of aromatic nitrogens is 4. The minimum atomic E-state index is -0.509. The highest BCUT2D eigenvalue weighted by atomic mass is 35.5. The van der Waals surface area contributed by atoms with Crippen molar-refractivity contribution in [2.75, 3.05) is 5.32 Å². The molecule has 0 spiro atoms. The molecular formula is C27H19Cl3N6O3. The lowest BCUT2D eigenvalue weighted by Gasteiger charge is -2.11. The van der Waals surface area contributed by atoms with Crippen molar-refractivity contribution in [2.24, 2.45) is 0 Å². The highest BCUT2D eigenvalue weighted by molar-refractivity contribution is 6.35. The highest BCUT2D eigenvalue weighted by Gasteiger charge is 2.24. The zero-order chi connectivity index (χ0) is 27.5. The molecule has 0 saturated heterocycles. The van der Waals surface area contributed by atoms with Crippen LogP contribution in [0.3, 0.4) is 0 Å². The van der Waals surface area contributed by atoms with Crippen LogP contribution in [0.2, 0.25) is 15.1 Å². The minimum Gasteiger partial charge on any atom is -0.345 e. The van der Waals surface area contributed by atoms with E-state index in [0.29, 0.717) is 43.5 Å². The van der Waals surface area contributed by atoms with Crippen LogP contribution in [0, 0.1) is 6.92 Å². The van der Waals surface area contributed by atoms with E-state index in [-0.39, 0.29) is 17.8 Å². The summed E-state index contributed by atoms with van der Waals surface area (Å²) in [6, 6.07) is 18.8. The molecule has 2 N–H and O–H groups in total. The second-order valence-corrected chi connectivity index (χ2v) is 9.65. The first-order valence-corrected chi connectivity index (χ1v) is 12.7. The Hall–Kier alpha value is -4.18. The Morgan fingerprint density at radius 1 is 0.949 bits per heavy atom. The minimum absolute atomic E-state index is 0.0629. The lowest BCUT2D eigenvalue weighted by Crippen LogP contribution is -2.25. The number of hydrogen-bond donors (Lipinski definition) is 2. The normalized spacial score (nSPS) is 10.9. The molecule has 5 rings (SSSR count). The van der Waals surface area contributed by atoms with Gasteiger partial charge in [-0.15, -0.1) is 0 Å². The van der Waals surface area contributed by atoms with Crippen molar-refractivity contribution >= 4 is 52.3 Å². The Balaban J connectivity index is 1.50. The molecule has 0 fully saturated rings. The van der Waals surface area contributed by atoms with E-state index >= 15 is 0 Å². The number of para-hydroxylation sites is 1. The van der Waals surface area contributed by atoms with Crippen molar-refractivity contribution in [2.45, 2.75) is 13.5 Å². The lowest BCUT2D eigenvalue weighted by atomic mass is 10.1. The number of carbonyl (C=O) groups is 2. The van der Waals surface area contributed by atoms with E-state index < -0.39 is 11.8 Å². The number of anilines is 1. The molecule has 0 aliphatic carbocycles. The summed E-state index contributed by atoms with van der Waals surface area (Å²) in [5.41, 5.74) is 3.26. The monoisotopic (exact) mass is 580 g/mol. The number of carbonyl (C=O) groups excluding carboxylic acids is 2. The van der Waals surface area contributed by atoms with Crippen LogP contribution in [-0.2, 0) is 6.54 Å². The van der Waals surface area contributed by atoms with Crippen LogP contribution in [0.4, 0.5) is 5.69 Å². The number of rotatable bonds is 7. The second-order valence-electron chi connectivity index (χ2n) is 8.37. The molecular weight excluding hydrogens is 563 g/mol. The summed E-state index contributed by atoms with van der Waals surface area (Å²) in [6.45, 7) is 1.85. The van der Waals surface area contributed by atoms with Gasteiger partial charge in [-0.05, 0) is 49.4 Å². The number of amides is 2. The van der Waals surface area contributed by atoms with Gasteiger partial charge in [0.25, 0.3) is 11.8 Å². The topological polar surface area (TPSA) is 115 Å². The van der Waals surface area contributed by atoms with Crippen LogP contribution in [0.15, 0.2) is 77.6 Å². The van der Waals surface area contributed by atoms with E-state index in [1.54, 1.807) is 66.2 Å². The van der Waals surface area contributed by atoms with E-state index in [1.807, 2.05) is 12.1 Å². The van der Waals surface area contributed by atoms with Crippen LogP contribution in [0.1, 0.15) is 32.2 Å². The Morgan fingerprint density at radius 3 is 2.41 bits per heavy atom. The summed E-state index contributed by atoms with van der Waals surface area (Å²) >= 11 is 18.7. The smallest absolute Gasteiger partial charge is 0.276 e. The predicted molar refractivity (Wildman–Crippen MR) is 149 cm³/mol. The number of nitrogens with zero attached hydrogens (tertiary/aromatic N) is 4. The fourth-order valence-electron chi connectivity index (χ4n) is 3.98. The van der Waals surface area contributed by atoms with Crippen molar-refractivity contribution in [1.82, 2.24) is 25.2 Å². The van der Waals surface area contributed by atoms with E-state index in [4.69, 9.17) is 34.8 Å². The molecule has 0 atom stereocenters. The Morgan fingerprint density at radius 2 is 1.69 bits per heavy atom. The molecule has 9 nitrogen and oxygen atoms in total. The highest BCUT2D eigenvalue weighted by Crippen LogP contribution is 2.33. The van der Waals surface area contributed by atoms with Crippen LogP contribution in [0.25, 0.3) is 16.9 Å². The quantitative estimate of drug-likeness (QED) is 0.231. The Bertz CT molecular complexity index is 1670.